The molecule has 2 aliphatic rings. The summed E-state index contributed by atoms with van der Waals surface area (Å²) in [5.74, 6) is 0.510. The first-order valence-corrected chi connectivity index (χ1v) is 10.3. The van der Waals surface area contributed by atoms with Gasteiger partial charge in [-0.3, -0.25) is 4.79 Å². The number of nitrogens with zero attached hydrogens (tertiary/aromatic N) is 1. The molecule has 1 amide bonds. The zero-order valence-electron chi connectivity index (χ0n) is 14.3. The number of fused-ring (bicyclic) bond motifs is 2. The van der Waals surface area contributed by atoms with Gasteiger partial charge in [-0.1, -0.05) is 39.4 Å². The van der Waals surface area contributed by atoms with Crippen molar-refractivity contribution in [3.63, 3.8) is 0 Å². The molecular formula is C19H20BrN3O2S. The van der Waals surface area contributed by atoms with Gasteiger partial charge in [0.25, 0.3) is 0 Å². The van der Waals surface area contributed by atoms with Crippen LogP contribution in [0, 0.1) is 11.8 Å². The van der Waals surface area contributed by atoms with Gasteiger partial charge < -0.3 is 15.7 Å². The number of aromatic hydroxyl groups is 1. The smallest absolute Gasteiger partial charge is 0.232 e. The standard InChI is InChI=1S/C19H20BrN3O2S/c1-10(17(24)21-14-6-4-13(20)5-7-14)16-18(25)23-19(26-16)22-15-9-11-2-3-12(15)8-11/h2-7,10-12,15,25H,8-9H2,1H3,(H,21,24)(H,22,23). The van der Waals surface area contributed by atoms with E-state index in [0.29, 0.717) is 27.9 Å². The van der Waals surface area contributed by atoms with E-state index in [1.54, 1.807) is 6.92 Å². The first-order chi connectivity index (χ1) is 12.5. The Labute approximate surface area is 164 Å². The maximum absolute atomic E-state index is 12.5. The third-order valence-corrected chi connectivity index (χ3v) is 6.81. The van der Waals surface area contributed by atoms with Crippen molar-refractivity contribution in [1.82, 2.24) is 4.98 Å². The fourth-order valence-electron chi connectivity index (χ4n) is 3.68. The first-order valence-electron chi connectivity index (χ1n) is 8.70. The highest BCUT2D eigenvalue weighted by molar-refractivity contribution is 9.10. The van der Waals surface area contributed by atoms with Gasteiger partial charge in [0, 0.05) is 16.2 Å². The monoisotopic (exact) mass is 433 g/mol. The average Bonchev–Trinajstić information content (AvgIpc) is 3.32. The van der Waals surface area contributed by atoms with Gasteiger partial charge in [0.1, 0.15) is 0 Å². The summed E-state index contributed by atoms with van der Waals surface area (Å²) in [5.41, 5.74) is 0.723. The van der Waals surface area contributed by atoms with Gasteiger partial charge >= 0.3 is 0 Å². The number of nitrogens with one attached hydrogen (secondary N) is 2. The lowest BCUT2D eigenvalue weighted by molar-refractivity contribution is -0.117. The highest BCUT2D eigenvalue weighted by Gasteiger charge is 2.36. The van der Waals surface area contributed by atoms with Crippen molar-refractivity contribution in [2.45, 2.75) is 31.7 Å². The Morgan fingerprint density at radius 1 is 1.31 bits per heavy atom. The highest BCUT2D eigenvalue weighted by atomic mass is 79.9. The summed E-state index contributed by atoms with van der Waals surface area (Å²) in [6.07, 6.45) is 6.88. The summed E-state index contributed by atoms with van der Waals surface area (Å²) in [5, 5.41) is 17.2. The molecule has 26 heavy (non-hydrogen) atoms. The second-order valence-corrected chi connectivity index (χ2v) is 8.90. The molecule has 2 aromatic rings. The quantitative estimate of drug-likeness (QED) is 0.595. The maximum atomic E-state index is 12.5. The molecule has 1 aromatic carbocycles. The van der Waals surface area contributed by atoms with Crippen LogP contribution in [0.15, 0.2) is 40.9 Å². The van der Waals surface area contributed by atoms with Gasteiger partial charge in [0.2, 0.25) is 11.8 Å². The van der Waals surface area contributed by atoms with E-state index in [2.05, 4.69) is 43.7 Å². The molecular weight excluding hydrogens is 414 g/mol. The van der Waals surface area contributed by atoms with Crippen molar-refractivity contribution in [3.8, 4) is 5.88 Å². The molecule has 0 radical (unpaired) electrons. The fraction of sp³-hybridized carbons (Fsp3) is 0.368. The van der Waals surface area contributed by atoms with Crippen LogP contribution in [-0.2, 0) is 4.79 Å². The third-order valence-electron chi connectivity index (χ3n) is 5.12. The molecule has 0 saturated heterocycles. The number of amides is 1. The zero-order valence-corrected chi connectivity index (χ0v) is 16.7. The number of hydrogen-bond donors (Lipinski definition) is 3. The van der Waals surface area contributed by atoms with Crippen LogP contribution in [0.25, 0.3) is 0 Å². The number of anilines is 2. The second-order valence-electron chi connectivity index (χ2n) is 6.96. The van der Waals surface area contributed by atoms with E-state index < -0.39 is 5.92 Å². The van der Waals surface area contributed by atoms with Crippen molar-refractivity contribution >= 4 is 44.0 Å². The first kappa shape index (κ1) is 17.5. The molecule has 0 spiro atoms. The molecule has 2 bridgehead atoms. The number of allylic oxidation sites excluding steroid dienone is 1. The molecule has 1 saturated carbocycles. The van der Waals surface area contributed by atoms with Crippen molar-refractivity contribution in [2.24, 2.45) is 11.8 Å². The van der Waals surface area contributed by atoms with Crippen molar-refractivity contribution in [1.29, 1.82) is 0 Å². The maximum Gasteiger partial charge on any atom is 0.232 e. The van der Waals surface area contributed by atoms with Gasteiger partial charge in [-0.05, 0) is 55.9 Å². The summed E-state index contributed by atoms with van der Waals surface area (Å²) < 4.78 is 0.954. The number of carbonyl (C=O) groups is 1. The number of benzene rings is 1. The summed E-state index contributed by atoms with van der Waals surface area (Å²) in [6.45, 7) is 1.78. The predicted molar refractivity (Wildman–Crippen MR) is 108 cm³/mol. The average molecular weight is 434 g/mol. The fourth-order valence-corrected chi connectivity index (χ4v) is 4.91. The van der Waals surface area contributed by atoms with Crippen LogP contribution >= 0.6 is 27.3 Å². The van der Waals surface area contributed by atoms with Gasteiger partial charge in [0.15, 0.2) is 5.13 Å². The predicted octanol–water partition coefficient (Wildman–Crippen LogP) is 4.73. The third kappa shape index (κ3) is 3.50. The van der Waals surface area contributed by atoms with E-state index in [1.807, 2.05) is 24.3 Å². The Morgan fingerprint density at radius 3 is 2.73 bits per heavy atom. The van der Waals surface area contributed by atoms with Crippen molar-refractivity contribution in [2.75, 3.05) is 10.6 Å². The lowest BCUT2D eigenvalue weighted by Crippen LogP contribution is -2.23. The summed E-state index contributed by atoms with van der Waals surface area (Å²) in [7, 11) is 0. The minimum atomic E-state index is -0.480. The lowest BCUT2D eigenvalue weighted by atomic mass is 10.0. The number of thiazole rings is 1. The Morgan fingerprint density at radius 2 is 2.08 bits per heavy atom. The molecule has 4 rings (SSSR count). The molecule has 1 heterocycles. The zero-order chi connectivity index (χ0) is 18.3. The highest BCUT2D eigenvalue weighted by Crippen LogP contribution is 2.42. The minimum Gasteiger partial charge on any atom is -0.492 e. The number of halogens is 1. The Bertz CT molecular complexity index is 849. The SMILES string of the molecule is CC(C(=O)Nc1ccc(Br)cc1)c1sc(NC2CC3C=CC2C3)nc1O. The van der Waals surface area contributed by atoms with E-state index in [-0.39, 0.29) is 11.8 Å². The molecule has 1 fully saturated rings. The number of carbonyl (C=O) groups excluding carboxylic acids is 1. The van der Waals surface area contributed by atoms with Gasteiger partial charge in [-0.25, -0.2) is 0 Å². The van der Waals surface area contributed by atoms with E-state index in [1.165, 1.54) is 17.8 Å². The number of rotatable bonds is 5. The van der Waals surface area contributed by atoms with E-state index in [4.69, 9.17) is 0 Å². The minimum absolute atomic E-state index is 0.0605. The van der Waals surface area contributed by atoms with E-state index in [9.17, 15) is 9.90 Å². The lowest BCUT2D eigenvalue weighted by Gasteiger charge is -2.18. The largest absolute Gasteiger partial charge is 0.492 e. The molecule has 7 heteroatoms. The Kier molecular flexibility index (Phi) is 4.75. The van der Waals surface area contributed by atoms with Crippen LogP contribution in [0.5, 0.6) is 5.88 Å². The molecule has 0 aliphatic heterocycles. The Balaban J connectivity index is 1.43. The summed E-state index contributed by atoms with van der Waals surface area (Å²) >= 11 is 4.73. The van der Waals surface area contributed by atoms with Crippen LogP contribution in [0.3, 0.4) is 0 Å². The summed E-state index contributed by atoms with van der Waals surface area (Å²) in [6, 6.07) is 7.77. The number of aromatic nitrogens is 1. The van der Waals surface area contributed by atoms with Gasteiger partial charge in [-0.2, -0.15) is 4.98 Å². The van der Waals surface area contributed by atoms with Crippen LogP contribution in [0.2, 0.25) is 0 Å². The number of hydrogen-bond acceptors (Lipinski definition) is 5. The Hall–Kier alpha value is -1.86. The topological polar surface area (TPSA) is 74.2 Å². The van der Waals surface area contributed by atoms with Gasteiger partial charge in [-0.15, -0.1) is 0 Å². The molecule has 4 unspecified atom stereocenters. The van der Waals surface area contributed by atoms with Crippen molar-refractivity contribution in [3.05, 3.63) is 45.8 Å². The van der Waals surface area contributed by atoms with Crippen LogP contribution in [-0.4, -0.2) is 22.0 Å². The molecule has 1 aromatic heterocycles. The van der Waals surface area contributed by atoms with Crippen LogP contribution < -0.4 is 10.6 Å². The molecule has 3 N–H and O–H groups in total. The molecule has 2 aliphatic carbocycles. The second kappa shape index (κ2) is 7.04. The molecule has 136 valence electrons. The van der Waals surface area contributed by atoms with E-state index in [0.717, 1.165) is 16.6 Å². The van der Waals surface area contributed by atoms with E-state index >= 15 is 0 Å². The van der Waals surface area contributed by atoms with Gasteiger partial charge in [0.05, 0.1) is 10.8 Å². The van der Waals surface area contributed by atoms with Crippen LogP contribution in [0.4, 0.5) is 10.8 Å². The van der Waals surface area contributed by atoms with Crippen molar-refractivity contribution < 1.29 is 9.90 Å². The molecule has 5 nitrogen and oxygen atoms in total. The summed E-state index contributed by atoms with van der Waals surface area (Å²) in [4.78, 5) is 17.3. The normalized spacial score (nSPS) is 24.6. The molecule has 4 atom stereocenters. The van der Waals surface area contributed by atoms with Crippen LogP contribution in [0.1, 0.15) is 30.6 Å².